The van der Waals surface area contributed by atoms with E-state index >= 15 is 0 Å². The van der Waals surface area contributed by atoms with Gasteiger partial charge < -0.3 is 19.5 Å². The van der Waals surface area contributed by atoms with E-state index in [2.05, 4.69) is 23.3 Å². The highest BCUT2D eigenvalue weighted by atomic mass is 16.5. The zero-order chi connectivity index (χ0) is 19.0. The standard InChI is InChI=1S/C21H28N4O2/c1-14-4-5-16-12-25(13-17(16)10-14)20(26)15-6-7-19-18(11-15)23-21(24(19)2)22-8-9-27-3/h4,6-7,11,16-17H,5,8-10,12-13H2,1-3H3,(H,22,23)/t16-,17+/m1/s1. The number of allylic oxidation sites excluding steroid dienone is 2. The third kappa shape index (κ3) is 3.46. The molecule has 27 heavy (non-hydrogen) atoms. The number of carbonyl (C=O) groups is 1. The third-order valence-corrected chi connectivity index (χ3v) is 5.93. The van der Waals surface area contributed by atoms with Crippen LogP contribution in [0, 0.1) is 11.8 Å². The van der Waals surface area contributed by atoms with Crippen molar-refractivity contribution in [2.45, 2.75) is 19.8 Å². The number of amides is 1. The second kappa shape index (κ2) is 7.35. The van der Waals surface area contributed by atoms with E-state index in [4.69, 9.17) is 4.74 Å². The Morgan fingerprint density at radius 2 is 2.15 bits per heavy atom. The van der Waals surface area contributed by atoms with Gasteiger partial charge in [-0.15, -0.1) is 0 Å². The van der Waals surface area contributed by atoms with Crippen molar-refractivity contribution in [2.75, 3.05) is 38.7 Å². The number of imidazole rings is 1. The predicted octanol–water partition coefficient (Wildman–Crippen LogP) is 3.06. The normalized spacial score (nSPS) is 22.0. The van der Waals surface area contributed by atoms with Crippen molar-refractivity contribution in [3.8, 4) is 0 Å². The topological polar surface area (TPSA) is 59.4 Å². The van der Waals surface area contributed by atoms with E-state index in [9.17, 15) is 4.79 Å². The third-order valence-electron chi connectivity index (χ3n) is 5.93. The first kappa shape index (κ1) is 18.0. The molecule has 0 saturated carbocycles. The van der Waals surface area contributed by atoms with E-state index in [0.29, 0.717) is 25.0 Å². The van der Waals surface area contributed by atoms with Gasteiger partial charge in [-0.2, -0.15) is 0 Å². The summed E-state index contributed by atoms with van der Waals surface area (Å²) in [7, 11) is 3.66. The van der Waals surface area contributed by atoms with Crippen molar-refractivity contribution in [3.05, 3.63) is 35.4 Å². The zero-order valence-electron chi connectivity index (χ0n) is 16.4. The van der Waals surface area contributed by atoms with Crippen LogP contribution in [-0.4, -0.2) is 53.7 Å². The highest BCUT2D eigenvalue weighted by Crippen LogP contribution is 2.36. The van der Waals surface area contributed by atoms with E-state index in [-0.39, 0.29) is 5.91 Å². The number of aromatic nitrogens is 2. The number of carbonyl (C=O) groups excluding carboxylic acids is 1. The molecule has 0 spiro atoms. The summed E-state index contributed by atoms with van der Waals surface area (Å²) in [5.74, 6) is 2.16. The van der Waals surface area contributed by atoms with E-state index in [1.54, 1.807) is 7.11 Å². The van der Waals surface area contributed by atoms with Gasteiger partial charge in [-0.05, 0) is 49.8 Å². The van der Waals surface area contributed by atoms with Gasteiger partial charge in [0, 0.05) is 39.4 Å². The number of nitrogens with one attached hydrogen (secondary N) is 1. The zero-order valence-corrected chi connectivity index (χ0v) is 16.4. The number of fused-ring (bicyclic) bond motifs is 2. The first-order valence-electron chi connectivity index (χ1n) is 9.71. The highest BCUT2D eigenvalue weighted by Gasteiger charge is 2.36. The SMILES string of the molecule is COCCNc1nc2cc(C(=O)N3C[C@H]4CC=C(C)C[C@H]4C3)ccc2n1C. The van der Waals surface area contributed by atoms with Gasteiger partial charge in [0.25, 0.3) is 5.91 Å². The summed E-state index contributed by atoms with van der Waals surface area (Å²) in [6, 6.07) is 5.84. The highest BCUT2D eigenvalue weighted by molar-refractivity contribution is 5.98. The number of methoxy groups -OCH3 is 1. The summed E-state index contributed by atoms with van der Waals surface area (Å²) < 4.78 is 7.09. The van der Waals surface area contributed by atoms with Crippen LogP contribution in [0.2, 0.25) is 0 Å². The van der Waals surface area contributed by atoms with Gasteiger partial charge >= 0.3 is 0 Å². The maximum atomic E-state index is 13.1. The summed E-state index contributed by atoms with van der Waals surface area (Å²) in [5.41, 5.74) is 4.06. The Balaban J connectivity index is 1.51. The number of hydrogen-bond donors (Lipinski definition) is 1. The molecule has 2 aliphatic rings. The van der Waals surface area contributed by atoms with Crippen LogP contribution in [0.5, 0.6) is 0 Å². The number of benzene rings is 1. The molecule has 1 N–H and O–H groups in total. The molecule has 2 heterocycles. The quantitative estimate of drug-likeness (QED) is 0.651. The Labute approximate surface area is 160 Å². The number of anilines is 1. The first-order valence-corrected chi connectivity index (χ1v) is 9.71. The van der Waals surface area contributed by atoms with Crippen molar-refractivity contribution >= 4 is 22.9 Å². The molecule has 1 amide bonds. The largest absolute Gasteiger partial charge is 0.383 e. The Kier molecular flexibility index (Phi) is 4.91. The van der Waals surface area contributed by atoms with Gasteiger partial charge in [0.1, 0.15) is 0 Å². The number of nitrogens with zero attached hydrogens (tertiary/aromatic N) is 3. The number of likely N-dealkylation sites (tertiary alicyclic amines) is 1. The molecule has 0 radical (unpaired) electrons. The maximum absolute atomic E-state index is 13.1. The summed E-state index contributed by atoms with van der Waals surface area (Å²) in [5, 5.41) is 3.27. The molecular weight excluding hydrogens is 340 g/mol. The average molecular weight is 368 g/mol. The van der Waals surface area contributed by atoms with E-state index in [1.165, 1.54) is 5.57 Å². The molecule has 1 aliphatic carbocycles. The van der Waals surface area contributed by atoms with Gasteiger partial charge in [-0.25, -0.2) is 4.98 Å². The minimum atomic E-state index is 0.128. The lowest BCUT2D eigenvalue weighted by Crippen LogP contribution is -2.29. The van der Waals surface area contributed by atoms with E-state index in [1.807, 2.05) is 34.7 Å². The van der Waals surface area contributed by atoms with Crippen LogP contribution in [0.3, 0.4) is 0 Å². The molecule has 2 atom stereocenters. The molecule has 2 aromatic rings. The number of aryl methyl sites for hydroxylation is 1. The fraction of sp³-hybridized carbons (Fsp3) is 0.524. The number of ether oxygens (including phenoxy) is 1. The maximum Gasteiger partial charge on any atom is 0.253 e. The second-order valence-corrected chi connectivity index (χ2v) is 7.84. The van der Waals surface area contributed by atoms with Gasteiger partial charge in [-0.3, -0.25) is 4.79 Å². The molecule has 1 fully saturated rings. The summed E-state index contributed by atoms with van der Waals surface area (Å²) in [6.07, 6.45) is 4.58. The van der Waals surface area contributed by atoms with Crippen molar-refractivity contribution in [1.82, 2.24) is 14.5 Å². The minimum absolute atomic E-state index is 0.128. The van der Waals surface area contributed by atoms with Gasteiger partial charge in [0.2, 0.25) is 5.95 Å². The van der Waals surface area contributed by atoms with Crippen LogP contribution in [0.15, 0.2) is 29.8 Å². The van der Waals surface area contributed by atoms with Crippen LogP contribution in [-0.2, 0) is 11.8 Å². The van der Waals surface area contributed by atoms with Crippen molar-refractivity contribution in [1.29, 1.82) is 0 Å². The number of rotatable bonds is 5. The molecule has 1 aromatic heterocycles. The van der Waals surface area contributed by atoms with E-state index < -0.39 is 0 Å². The average Bonchev–Trinajstić information content (AvgIpc) is 3.22. The van der Waals surface area contributed by atoms with Crippen molar-refractivity contribution < 1.29 is 9.53 Å². The molecule has 6 nitrogen and oxygen atoms in total. The Hall–Kier alpha value is -2.34. The van der Waals surface area contributed by atoms with Crippen LogP contribution in [0.4, 0.5) is 5.95 Å². The molecule has 1 aromatic carbocycles. The predicted molar refractivity (Wildman–Crippen MR) is 107 cm³/mol. The summed E-state index contributed by atoms with van der Waals surface area (Å²) in [4.78, 5) is 19.7. The van der Waals surface area contributed by atoms with Gasteiger partial charge in [0.05, 0.1) is 17.6 Å². The van der Waals surface area contributed by atoms with Crippen LogP contribution in [0.25, 0.3) is 11.0 Å². The van der Waals surface area contributed by atoms with Crippen LogP contribution < -0.4 is 5.32 Å². The lowest BCUT2D eigenvalue weighted by atomic mass is 9.83. The van der Waals surface area contributed by atoms with Crippen molar-refractivity contribution in [3.63, 3.8) is 0 Å². The molecule has 0 bridgehead atoms. The van der Waals surface area contributed by atoms with Crippen LogP contribution in [0.1, 0.15) is 30.1 Å². The molecule has 0 unspecified atom stereocenters. The lowest BCUT2D eigenvalue weighted by Gasteiger charge is -2.21. The summed E-state index contributed by atoms with van der Waals surface area (Å²) >= 11 is 0. The lowest BCUT2D eigenvalue weighted by molar-refractivity contribution is 0.0784. The Morgan fingerprint density at radius 3 is 2.96 bits per heavy atom. The van der Waals surface area contributed by atoms with Gasteiger partial charge in [-0.1, -0.05) is 11.6 Å². The van der Waals surface area contributed by atoms with Gasteiger partial charge in [0.15, 0.2) is 0 Å². The monoisotopic (exact) mass is 368 g/mol. The van der Waals surface area contributed by atoms with Crippen molar-refractivity contribution in [2.24, 2.45) is 18.9 Å². The Bertz CT molecular complexity index is 886. The molecule has 4 rings (SSSR count). The first-order chi connectivity index (χ1) is 13.1. The molecule has 1 aliphatic heterocycles. The fourth-order valence-electron chi connectivity index (χ4n) is 4.39. The number of hydrogen-bond acceptors (Lipinski definition) is 4. The molecule has 1 saturated heterocycles. The fourth-order valence-corrected chi connectivity index (χ4v) is 4.39. The van der Waals surface area contributed by atoms with Crippen LogP contribution >= 0.6 is 0 Å². The minimum Gasteiger partial charge on any atom is -0.383 e. The second-order valence-electron chi connectivity index (χ2n) is 7.84. The smallest absolute Gasteiger partial charge is 0.253 e. The molecule has 144 valence electrons. The Morgan fingerprint density at radius 1 is 1.33 bits per heavy atom. The molecule has 6 heteroatoms. The molecular formula is C21H28N4O2. The van der Waals surface area contributed by atoms with E-state index in [0.717, 1.165) is 48.5 Å². The summed E-state index contributed by atoms with van der Waals surface area (Å²) in [6.45, 7) is 5.27.